The summed E-state index contributed by atoms with van der Waals surface area (Å²) >= 11 is 0. The van der Waals surface area contributed by atoms with Crippen LogP contribution < -0.4 is 5.32 Å². The number of alkyl halides is 3. The number of hydrogen-bond donors (Lipinski definition) is 2. The fourth-order valence-corrected chi connectivity index (χ4v) is 2.17. The highest BCUT2D eigenvalue weighted by molar-refractivity contribution is 5.91. The van der Waals surface area contributed by atoms with E-state index in [4.69, 9.17) is 0 Å². The smallest absolute Gasteiger partial charge is 0.388 e. The van der Waals surface area contributed by atoms with Crippen LogP contribution in [0.5, 0.6) is 0 Å². The fraction of sp³-hybridized carbons (Fsp3) is 0.235. The largest absolute Gasteiger partial charge is 0.393 e. The molecule has 1 amide bonds. The normalized spacial score (nSPS) is 12.7. The number of hydrogen-bond acceptors (Lipinski definition) is 2. The lowest BCUT2D eigenvalue weighted by molar-refractivity contribution is -0.127. The summed E-state index contributed by atoms with van der Waals surface area (Å²) in [5.74, 6) is -0.467. The van der Waals surface area contributed by atoms with Gasteiger partial charge in [0.25, 0.3) is 0 Å². The van der Waals surface area contributed by atoms with Gasteiger partial charge in [0.1, 0.15) is 0 Å². The molecule has 0 fully saturated rings. The molecule has 6 heteroatoms. The second-order valence-electron chi connectivity index (χ2n) is 5.17. The van der Waals surface area contributed by atoms with E-state index in [0.29, 0.717) is 5.56 Å². The summed E-state index contributed by atoms with van der Waals surface area (Å²) in [6.07, 6.45) is -6.49. The molecule has 0 bridgehead atoms. The third-order valence-corrected chi connectivity index (χ3v) is 3.18. The number of rotatable bonds is 5. The van der Waals surface area contributed by atoms with Crippen LogP contribution in [-0.2, 0) is 11.2 Å². The van der Waals surface area contributed by atoms with Gasteiger partial charge < -0.3 is 10.4 Å². The maximum atomic E-state index is 12.4. The Hall–Kier alpha value is -2.34. The molecule has 2 rings (SSSR count). The van der Waals surface area contributed by atoms with Gasteiger partial charge in [0.2, 0.25) is 5.91 Å². The number of carbonyl (C=O) groups excluding carboxylic acids is 1. The second kappa shape index (κ2) is 7.28. The number of nitrogens with one attached hydrogen (secondary N) is 1. The van der Waals surface area contributed by atoms with Gasteiger partial charge >= 0.3 is 6.18 Å². The van der Waals surface area contributed by atoms with Gasteiger partial charge in [-0.15, -0.1) is 0 Å². The molecule has 3 nitrogen and oxygen atoms in total. The van der Waals surface area contributed by atoms with Crippen molar-refractivity contribution in [2.24, 2.45) is 0 Å². The quantitative estimate of drug-likeness (QED) is 0.878. The lowest BCUT2D eigenvalue weighted by Gasteiger charge is -2.12. The van der Waals surface area contributed by atoms with Crippen LogP contribution in [0.15, 0.2) is 54.6 Å². The molecule has 2 aromatic carbocycles. The van der Waals surface area contributed by atoms with Crippen molar-refractivity contribution in [3.05, 3.63) is 65.7 Å². The number of carbonyl (C=O) groups is 1. The van der Waals surface area contributed by atoms with Crippen LogP contribution in [0.3, 0.4) is 0 Å². The first-order chi connectivity index (χ1) is 10.8. The van der Waals surface area contributed by atoms with E-state index in [1.165, 1.54) is 24.3 Å². The van der Waals surface area contributed by atoms with Gasteiger partial charge in [-0.3, -0.25) is 4.79 Å². The molecule has 1 atom stereocenters. The summed E-state index contributed by atoms with van der Waals surface area (Å²) in [5.41, 5.74) is 0.949. The molecule has 2 N–H and O–H groups in total. The molecular weight excluding hydrogens is 307 g/mol. The average Bonchev–Trinajstić information content (AvgIpc) is 2.46. The Balaban J connectivity index is 1.96. The van der Waals surface area contributed by atoms with E-state index < -0.39 is 24.6 Å². The minimum atomic E-state index is -4.30. The zero-order valence-electron chi connectivity index (χ0n) is 12.2. The van der Waals surface area contributed by atoms with Gasteiger partial charge in [-0.05, 0) is 23.3 Å². The predicted molar refractivity (Wildman–Crippen MR) is 80.8 cm³/mol. The summed E-state index contributed by atoms with van der Waals surface area (Å²) < 4.78 is 37.1. The first kappa shape index (κ1) is 17.0. The van der Waals surface area contributed by atoms with E-state index >= 15 is 0 Å². The van der Waals surface area contributed by atoms with Crippen molar-refractivity contribution < 1.29 is 23.1 Å². The number of amides is 1. The third kappa shape index (κ3) is 5.75. The molecule has 0 saturated carbocycles. The minimum absolute atomic E-state index is 0.0684. The van der Waals surface area contributed by atoms with E-state index in [2.05, 4.69) is 5.32 Å². The zero-order valence-corrected chi connectivity index (χ0v) is 12.2. The molecule has 122 valence electrons. The summed E-state index contributed by atoms with van der Waals surface area (Å²) in [7, 11) is 0. The van der Waals surface area contributed by atoms with E-state index in [0.717, 1.165) is 0 Å². The SMILES string of the molecule is O=C(CC(O)c1ccccc1)Nc1cccc(CC(F)(F)F)c1. The average molecular weight is 323 g/mol. The van der Waals surface area contributed by atoms with Gasteiger partial charge in [0, 0.05) is 5.69 Å². The first-order valence-electron chi connectivity index (χ1n) is 7.02. The Morgan fingerprint density at radius 1 is 1.09 bits per heavy atom. The monoisotopic (exact) mass is 323 g/mol. The summed E-state index contributed by atoms with van der Waals surface area (Å²) in [6.45, 7) is 0. The van der Waals surface area contributed by atoms with Crippen LogP contribution in [0, 0.1) is 0 Å². The van der Waals surface area contributed by atoms with Crippen LogP contribution in [0.2, 0.25) is 0 Å². The van der Waals surface area contributed by atoms with E-state index in [9.17, 15) is 23.1 Å². The number of benzene rings is 2. The lowest BCUT2D eigenvalue weighted by atomic mass is 10.1. The molecular formula is C17H16F3NO2. The van der Waals surface area contributed by atoms with E-state index in [1.807, 2.05) is 0 Å². The number of aliphatic hydroxyl groups excluding tert-OH is 1. The highest BCUT2D eigenvalue weighted by Crippen LogP contribution is 2.23. The predicted octanol–water partition coefficient (Wildman–Crippen LogP) is 3.85. The van der Waals surface area contributed by atoms with Gasteiger partial charge in [-0.2, -0.15) is 13.2 Å². The summed E-state index contributed by atoms with van der Waals surface area (Å²) in [4.78, 5) is 11.9. The Labute approximate surface area is 131 Å². The molecule has 23 heavy (non-hydrogen) atoms. The van der Waals surface area contributed by atoms with E-state index in [-0.39, 0.29) is 17.7 Å². The second-order valence-corrected chi connectivity index (χ2v) is 5.17. The molecule has 0 aliphatic heterocycles. The summed E-state index contributed by atoms with van der Waals surface area (Å²) in [6, 6.07) is 14.3. The van der Waals surface area contributed by atoms with Crippen molar-refractivity contribution in [1.29, 1.82) is 0 Å². The van der Waals surface area contributed by atoms with Gasteiger partial charge in [-0.1, -0.05) is 42.5 Å². The topological polar surface area (TPSA) is 49.3 Å². The number of halogens is 3. The highest BCUT2D eigenvalue weighted by Gasteiger charge is 2.27. The summed E-state index contributed by atoms with van der Waals surface area (Å²) in [5, 5.41) is 12.5. The highest BCUT2D eigenvalue weighted by atomic mass is 19.4. The van der Waals surface area contributed by atoms with Crippen molar-refractivity contribution >= 4 is 11.6 Å². The molecule has 0 aromatic heterocycles. The molecule has 1 unspecified atom stereocenters. The van der Waals surface area contributed by atoms with Crippen LogP contribution in [0.25, 0.3) is 0 Å². The molecule has 0 saturated heterocycles. The first-order valence-corrected chi connectivity index (χ1v) is 7.02. The van der Waals surface area contributed by atoms with Crippen molar-refractivity contribution in [3.8, 4) is 0 Å². The van der Waals surface area contributed by atoms with Crippen LogP contribution in [-0.4, -0.2) is 17.2 Å². The van der Waals surface area contributed by atoms with Crippen molar-refractivity contribution in [3.63, 3.8) is 0 Å². The third-order valence-electron chi connectivity index (χ3n) is 3.18. The van der Waals surface area contributed by atoms with E-state index in [1.54, 1.807) is 30.3 Å². The molecule has 2 aromatic rings. The molecule has 0 spiro atoms. The van der Waals surface area contributed by atoms with Crippen LogP contribution in [0.4, 0.5) is 18.9 Å². The van der Waals surface area contributed by atoms with Crippen LogP contribution >= 0.6 is 0 Å². The van der Waals surface area contributed by atoms with Crippen molar-refractivity contribution in [2.75, 3.05) is 5.32 Å². The lowest BCUT2D eigenvalue weighted by Crippen LogP contribution is -2.16. The molecule has 0 aliphatic carbocycles. The molecule has 0 heterocycles. The number of anilines is 1. The zero-order chi connectivity index (χ0) is 16.9. The Kier molecular flexibility index (Phi) is 5.39. The molecule has 0 aliphatic rings. The van der Waals surface area contributed by atoms with Crippen molar-refractivity contribution in [2.45, 2.75) is 25.1 Å². The van der Waals surface area contributed by atoms with Gasteiger partial charge in [-0.25, -0.2) is 0 Å². The Bertz CT molecular complexity index is 656. The Morgan fingerprint density at radius 2 is 1.78 bits per heavy atom. The standard InChI is InChI=1S/C17H16F3NO2/c18-17(19,20)11-12-5-4-8-14(9-12)21-16(23)10-15(22)13-6-2-1-3-7-13/h1-9,15,22H,10-11H2,(H,21,23). The Morgan fingerprint density at radius 3 is 2.43 bits per heavy atom. The van der Waals surface area contributed by atoms with Crippen molar-refractivity contribution in [1.82, 2.24) is 0 Å². The minimum Gasteiger partial charge on any atom is -0.388 e. The van der Waals surface area contributed by atoms with Gasteiger partial charge in [0.15, 0.2) is 0 Å². The van der Waals surface area contributed by atoms with Crippen LogP contribution in [0.1, 0.15) is 23.7 Å². The molecule has 0 radical (unpaired) electrons. The maximum Gasteiger partial charge on any atom is 0.393 e. The fourth-order valence-electron chi connectivity index (χ4n) is 2.17. The number of aliphatic hydroxyl groups is 1. The van der Waals surface area contributed by atoms with Gasteiger partial charge in [0.05, 0.1) is 18.9 Å². The maximum absolute atomic E-state index is 12.4.